The SMILES string of the molecule is CCC1CCC(C)N1c1ccc(C(N)=S)cc1Cl. The van der Waals surface area contributed by atoms with Crippen LogP contribution in [0.3, 0.4) is 0 Å². The topological polar surface area (TPSA) is 29.3 Å². The number of nitrogens with two attached hydrogens (primary N) is 1. The summed E-state index contributed by atoms with van der Waals surface area (Å²) in [5, 5.41) is 0.743. The summed E-state index contributed by atoms with van der Waals surface area (Å²) in [6, 6.07) is 7.01. The van der Waals surface area contributed by atoms with Gasteiger partial charge in [0.1, 0.15) is 4.99 Å². The maximum Gasteiger partial charge on any atom is 0.104 e. The van der Waals surface area contributed by atoms with E-state index in [0.29, 0.717) is 17.1 Å². The van der Waals surface area contributed by atoms with Crippen LogP contribution < -0.4 is 10.6 Å². The predicted molar refractivity (Wildman–Crippen MR) is 82.6 cm³/mol. The summed E-state index contributed by atoms with van der Waals surface area (Å²) < 4.78 is 0. The van der Waals surface area contributed by atoms with Crippen molar-refractivity contribution in [1.29, 1.82) is 0 Å². The van der Waals surface area contributed by atoms with Gasteiger partial charge in [0.25, 0.3) is 0 Å². The minimum Gasteiger partial charge on any atom is -0.389 e. The van der Waals surface area contributed by atoms with Crippen LogP contribution in [0.2, 0.25) is 5.02 Å². The van der Waals surface area contributed by atoms with Crippen molar-refractivity contribution >= 4 is 34.5 Å². The van der Waals surface area contributed by atoms with Crippen LogP contribution in [-0.4, -0.2) is 17.1 Å². The number of hydrogen-bond donors (Lipinski definition) is 1. The van der Waals surface area contributed by atoms with E-state index in [1.54, 1.807) is 0 Å². The second kappa shape index (κ2) is 5.45. The second-order valence-corrected chi connectivity index (χ2v) is 5.77. The normalized spacial score (nSPS) is 23.4. The molecule has 18 heavy (non-hydrogen) atoms. The van der Waals surface area contributed by atoms with Gasteiger partial charge in [-0.1, -0.05) is 30.7 Å². The van der Waals surface area contributed by atoms with E-state index >= 15 is 0 Å². The van der Waals surface area contributed by atoms with Crippen molar-refractivity contribution in [2.45, 2.75) is 45.2 Å². The third-order valence-electron chi connectivity index (χ3n) is 3.77. The first-order chi connectivity index (χ1) is 8.54. The lowest BCUT2D eigenvalue weighted by atomic mass is 10.1. The van der Waals surface area contributed by atoms with Crippen molar-refractivity contribution in [3.8, 4) is 0 Å². The zero-order valence-electron chi connectivity index (χ0n) is 10.8. The highest BCUT2D eigenvalue weighted by molar-refractivity contribution is 7.80. The van der Waals surface area contributed by atoms with Gasteiger partial charge in [0, 0.05) is 17.6 Å². The molecule has 0 aliphatic carbocycles. The van der Waals surface area contributed by atoms with Crippen molar-refractivity contribution < 1.29 is 0 Å². The molecule has 1 fully saturated rings. The van der Waals surface area contributed by atoms with Crippen molar-refractivity contribution in [3.63, 3.8) is 0 Å². The van der Waals surface area contributed by atoms with Gasteiger partial charge in [-0.3, -0.25) is 0 Å². The standard InChI is InChI=1S/C14H19ClN2S/c1-3-11-6-4-9(2)17(11)13-7-5-10(14(16)18)8-12(13)15/h5,7-9,11H,3-4,6H2,1-2H3,(H2,16,18). The van der Waals surface area contributed by atoms with Gasteiger partial charge >= 0.3 is 0 Å². The summed E-state index contributed by atoms with van der Waals surface area (Å²) in [7, 11) is 0. The number of halogens is 1. The Morgan fingerprint density at radius 1 is 1.50 bits per heavy atom. The molecule has 0 radical (unpaired) electrons. The van der Waals surface area contributed by atoms with E-state index in [0.717, 1.165) is 22.7 Å². The highest BCUT2D eigenvalue weighted by atomic mass is 35.5. The van der Waals surface area contributed by atoms with Gasteiger partial charge in [-0.25, -0.2) is 0 Å². The van der Waals surface area contributed by atoms with Crippen molar-refractivity contribution in [1.82, 2.24) is 0 Å². The molecule has 1 aromatic rings. The maximum absolute atomic E-state index is 6.38. The number of anilines is 1. The van der Waals surface area contributed by atoms with E-state index in [2.05, 4.69) is 18.7 Å². The molecule has 2 N–H and O–H groups in total. The first-order valence-electron chi connectivity index (χ1n) is 6.42. The number of hydrogen-bond acceptors (Lipinski definition) is 2. The molecule has 0 saturated carbocycles. The van der Waals surface area contributed by atoms with E-state index < -0.39 is 0 Å². The molecule has 2 nitrogen and oxygen atoms in total. The van der Waals surface area contributed by atoms with Crippen LogP contribution in [0, 0.1) is 0 Å². The van der Waals surface area contributed by atoms with E-state index in [4.69, 9.17) is 29.6 Å². The first-order valence-corrected chi connectivity index (χ1v) is 7.21. The summed E-state index contributed by atoms with van der Waals surface area (Å²) in [6.45, 7) is 4.49. The molecule has 1 saturated heterocycles. The van der Waals surface area contributed by atoms with Crippen LogP contribution in [0.25, 0.3) is 0 Å². The third-order valence-corrected chi connectivity index (χ3v) is 4.31. The highest BCUT2D eigenvalue weighted by Crippen LogP contribution is 2.36. The first kappa shape index (κ1) is 13.6. The minimum atomic E-state index is 0.393. The van der Waals surface area contributed by atoms with Gasteiger partial charge in [-0.05, 0) is 44.4 Å². The Morgan fingerprint density at radius 3 is 2.78 bits per heavy atom. The number of rotatable bonds is 3. The minimum absolute atomic E-state index is 0.393. The summed E-state index contributed by atoms with van der Waals surface area (Å²) in [6.07, 6.45) is 3.62. The lowest BCUT2D eigenvalue weighted by Gasteiger charge is -2.31. The number of nitrogens with zero attached hydrogens (tertiary/aromatic N) is 1. The molecule has 1 aliphatic rings. The molecule has 0 amide bonds. The number of thiocarbonyl (C=S) groups is 1. The lowest BCUT2D eigenvalue weighted by Crippen LogP contribution is -2.34. The molecule has 2 atom stereocenters. The van der Waals surface area contributed by atoms with Crippen LogP contribution in [-0.2, 0) is 0 Å². The molecule has 2 rings (SSSR count). The number of benzene rings is 1. The summed E-state index contributed by atoms with van der Waals surface area (Å²) >= 11 is 11.4. The summed E-state index contributed by atoms with van der Waals surface area (Å²) in [5.74, 6) is 0. The fourth-order valence-corrected chi connectivity index (χ4v) is 3.18. The largest absolute Gasteiger partial charge is 0.389 e. The Labute approximate surface area is 119 Å². The second-order valence-electron chi connectivity index (χ2n) is 4.93. The van der Waals surface area contributed by atoms with Gasteiger partial charge < -0.3 is 10.6 Å². The van der Waals surface area contributed by atoms with E-state index in [1.165, 1.54) is 12.8 Å². The Balaban J connectivity index is 2.35. The van der Waals surface area contributed by atoms with E-state index in [9.17, 15) is 0 Å². The van der Waals surface area contributed by atoms with Crippen LogP contribution in [0.1, 0.15) is 38.7 Å². The smallest absolute Gasteiger partial charge is 0.104 e. The molecule has 1 heterocycles. The van der Waals surface area contributed by atoms with Gasteiger partial charge in [-0.2, -0.15) is 0 Å². The molecule has 2 unspecified atom stereocenters. The molecule has 1 aromatic carbocycles. The molecular weight excluding hydrogens is 264 g/mol. The average Bonchev–Trinajstić information content (AvgIpc) is 2.70. The van der Waals surface area contributed by atoms with Crippen LogP contribution in [0.15, 0.2) is 18.2 Å². The molecule has 0 bridgehead atoms. The Kier molecular flexibility index (Phi) is 4.13. The average molecular weight is 283 g/mol. The molecule has 0 spiro atoms. The van der Waals surface area contributed by atoms with Crippen molar-refractivity contribution in [2.24, 2.45) is 5.73 Å². The van der Waals surface area contributed by atoms with Gasteiger partial charge in [0.2, 0.25) is 0 Å². The van der Waals surface area contributed by atoms with Crippen molar-refractivity contribution in [2.75, 3.05) is 4.90 Å². The Morgan fingerprint density at radius 2 is 2.22 bits per heavy atom. The summed E-state index contributed by atoms with van der Waals surface area (Å²) in [5.41, 5.74) is 7.56. The van der Waals surface area contributed by atoms with Gasteiger partial charge in [0.15, 0.2) is 0 Å². The van der Waals surface area contributed by atoms with Crippen LogP contribution in [0.4, 0.5) is 5.69 Å². The van der Waals surface area contributed by atoms with Gasteiger partial charge in [-0.15, -0.1) is 0 Å². The Hall–Kier alpha value is -0.800. The maximum atomic E-state index is 6.38. The zero-order valence-corrected chi connectivity index (χ0v) is 12.4. The van der Waals surface area contributed by atoms with Crippen LogP contribution >= 0.6 is 23.8 Å². The highest BCUT2D eigenvalue weighted by Gasteiger charge is 2.30. The quantitative estimate of drug-likeness (QED) is 0.857. The van der Waals surface area contributed by atoms with Gasteiger partial charge in [0.05, 0.1) is 10.7 Å². The molecular formula is C14H19ClN2S. The molecule has 0 aromatic heterocycles. The molecule has 4 heteroatoms. The summed E-state index contributed by atoms with van der Waals surface area (Å²) in [4.78, 5) is 2.83. The fourth-order valence-electron chi connectivity index (χ4n) is 2.78. The molecule has 98 valence electrons. The zero-order chi connectivity index (χ0) is 13.3. The Bertz CT molecular complexity index is 461. The van der Waals surface area contributed by atoms with Crippen molar-refractivity contribution in [3.05, 3.63) is 28.8 Å². The van der Waals surface area contributed by atoms with E-state index in [1.807, 2.05) is 18.2 Å². The monoisotopic (exact) mass is 282 g/mol. The fraction of sp³-hybridized carbons (Fsp3) is 0.500. The third kappa shape index (κ3) is 2.47. The predicted octanol–water partition coefficient (Wildman–Crippen LogP) is 3.74. The molecule has 1 aliphatic heterocycles. The van der Waals surface area contributed by atoms with E-state index in [-0.39, 0.29) is 0 Å². The van der Waals surface area contributed by atoms with Crippen LogP contribution in [0.5, 0.6) is 0 Å². The lowest BCUT2D eigenvalue weighted by molar-refractivity contribution is 0.628.